The minimum Gasteiger partial charge on any atom is -0.497 e. The molecule has 3 aromatic carbocycles. The summed E-state index contributed by atoms with van der Waals surface area (Å²) in [7, 11) is 3.19. The van der Waals surface area contributed by atoms with Crippen molar-refractivity contribution < 1.29 is 19.0 Å². The average Bonchev–Trinajstić information content (AvgIpc) is 3.32. The van der Waals surface area contributed by atoms with Crippen LogP contribution < -0.4 is 19.5 Å². The van der Waals surface area contributed by atoms with Crippen LogP contribution in [0.1, 0.15) is 6.92 Å². The Kier molecular flexibility index (Phi) is 7.89. The second kappa shape index (κ2) is 11.4. The smallest absolute Gasteiger partial charge is 0.234 e. The summed E-state index contributed by atoms with van der Waals surface area (Å²) in [5, 5.41) is 12.3. The van der Waals surface area contributed by atoms with Crippen LogP contribution in [0.25, 0.3) is 17.1 Å². The second-order valence-electron chi connectivity index (χ2n) is 7.34. The number of nitrogens with zero attached hydrogens (tertiary/aromatic N) is 3. The number of hydrogen-bond acceptors (Lipinski definition) is 7. The number of methoxy groups -OCH3 is 2. The van der Waals surface area contributed by atoms with Gasteiger partial charge in [0.1, 0.15) is 17.2 Å². The Morgan fingerprint density at radius 2 is 1.74 bits per heavy atom. The topological polar surface area (TPSA) is 87.5 Å². The zero-order chi connectivity index (χ0) is 24.6. The van der Waals surface area contributed by atoms with Crippen molar-refractivity contribution in [3.8, 4) is 34.3 Å². The Labute approximate surface area is 208 Å². The molecule has 0 saturated heterocycles. The van der Waals surface area contributed by atoms with Gasteiger partial charge in [0.05, 0.1) is 32.3 Å². The third-order valence-electron chi connectivity index (χ3n) is 5.08. The lowest BCUT2D eigenvalue weighted by molar-refractivity contribution is -0.113. The van der Waals surface area contributed by atoms with Crippen molar-refractivity contribution in [3.05, 3.63) is 72.8 Å². The number of amides is 1. The van der Waals surface area contributed by atoms with Crippen molar-refractivity contribution in [1.29, 1.82) is 0 Å². The molecule has 1 amide bonds. The summed E-state index contributed by atoms with van der Waals surface area (Å²) in [4.78, 5) is 12.7. The number of anilines is 1. The van der Waals surface area contributed by atoms with Crippen LogP contribution in [0.15, 0.2) is 78.0 Å². The zero-order valence-corrected chi connectivity index (χ0v) is 20.5. The molecule has 0 unspecified atom stereocenters. The number of ether oxygens (including phenoxy) is 3. The van der Waals surface area contributed by atoms with E-state index in [0.717, 1.165) is 17.0 Å². The van der Waals surface area contributed by atoms with E-state index in [9.17, 15) is 4.79 Å². The summed E-state index contributed by atoms with van der Waals surface area (Å²) in [6.07, 6.45) is 0. The Hall–Kier alpha value is -3.98. The minimum absolute atomic E-state index is 0.144. The van der Waals surface area contributed by atoms with Gasteiger partial charge in [-0.15, -0.1) is 10.2 Å². The maximum Gasteiger partial charge on any atom is 0.234 e. The van der Waals surface area contributed by atoms with Crippen molar-refractivity contribution in [2.75, 3.05) is 31.9 Å². The molecule has 0 atom stereocenters. The zero-order valence-electron chi connectivity index (χ0n) is 19.7. The van der Waals surface area contributed by atoms with E-state index in [4.69, 9.17) is 14.2 Å². The molecule has 1 N–H and O–H groups in total. The number of benzene rings is 3. The van der Waals surface area contributed by atoms with Gasteiger partial charge in [-0.1, -0.05) is 36.0 Å². The maximum atomic E-state index is 12.7. The van der Waals surface area contributed by atoms with E-state index >= 15 is 0 Å². The molecule has 4 rings (SSSR count). The molecule has 9 heteroatoms. The Morgan fingerprint density at radius 3 is 2.49 bits per heavy atom. The highest BCUT2D eigenvalue weighted by Gasteiger charge is 2.18. The lowest BCUT2D eigenvalue weighted by atomic mass is 10.2. The molecule has 1 aromatic heterocycles. The molecule has 0 spiro atoms. The van der Waals surface area contributed by atoms with Crippen LogP contribution in [0.3, 0.4) is 0 Å². The van der Waals surface area contributed by atoms with Gasteiger partial charge >= 0.3 is 0 Å². The number of carbonyl (C=O) groups is 1. The van der Waals surface area contributed by atoms with E-state index < -0.39 is 0 Å². The highest BCUT2D eigenvalue weighted by molar-refractivity contribution is 7.99. The van der Waals surface area contributed by atoms with Crippen molar-refractivity contribution in [2.24, 2.45) is 0 Å². The molecule has 0 aliphatic heterocycles. The van der Waals surface area contributed by atoms with Gasteiger partial charge in [0, 0.05) is 11.3 Å². The summed E-state index contributed by atoms with van der Waals surface area (Å²) in [5.41, 5.74) is 2.31. The minimum atomic E-state index is -0.177. The monoisotopic (exact) mass is 490 g/mol. The predicted molar refractivity (Wildman–Crippen MR) is 137 cm³/mol. The fraction of sp³-hybridized carbons (Fsp3) is 0.192. The molecule has 0 aliphatic carbocycles. The van der Waals surface area contributed by atoms with E-state index in [1.807, 2.05) is 72.2 Å². The van der Waals surface area contributed by atoms with Crippen LogP contribution in [-0.4, -0.2) is 47.3 Å². The predicted octanol–water partition coefficient (Wildman–Crippen LogP) is 5.08. The van der Waals surface area contributed by atoms with Crippen LogP contribution in [0.2, 0.25) is 0 Å². The number of hydrogen-bond donors (Lipinski definition) is 1. The van der Waals surface area contributed by atoms with Gasteiger partial charge in [-0.2, -0.15) is 0 Å². The normalized spacial score (nSPS) is 10.6. The molecule has 0 fully saturated rings. The highest BCUT2D eigenvalue weighted by atomic mass is 32.2. The first-order chi connectivity index (χ1) is 17.1. The van der Waals surface area contributed by atoms with Crippen molar-refractivity contribution in [2.45, 2.75) is 12.1 Å². The molecule has 8 nitrogen and oxygen atoms in total. The van der Waals surface area contributed by atoms with E-state index in [1.165, 1.54) is 11.8 Å². The lowest BCUT2D eigenvalue weighted by Crippen LogP contribution is -2.15. The quantitative estimate of drug-likeness (QED) is 0.310. The highest BCUT2D eigenvalue weighted by Crippen LogP contribution is 2.31. The van der Waals surface area contributed by atoms with Gasteiger partial charge in [0.15, 0.2) is 11.0 Å². The molecular formula is C26H26N4O4S. The standard InChI is InChI=1S/C26H26N4O4S/c1-4-34-20-14-12-19(13-15-20)30-25(18-8-7-9-21(16-18)32-2)28-29-26(30)35-17-24(31)27-22-10-5-6-11-23(22)33-3/h5-16H,4,17H2,1-3H3,(H,27,31). The fourth-order valence-corrected chi connectivity index (χ4v) is 4.22. The van der Waals surface area contributed by atoms with E-state index in [0.29, 0.717) is 34.8 Å². The van der Waals surface area contributed by atoms with Gasteiger partial charge in [-0.3, -0.25) is 9.36 Å². The summed E-state index contributed by atoms with van der Waals surface area (Å²) >= 11 is 1.30. The van der Waals surface area contributed by atoms with Gasteiger partial charge < -0.3 is 19.5 Å². The summed E-state index contributed by atoms with van der Waals surface area (Å²) in [5.74, 6) is 2.70. The second-order valence-corrected chi connectivity index (χ2v) is 8.28. The molecule has 0 bridgehead atoms. The SMILES string of the molecule is CCOc1ccc(-n2c(SCC(=O)Nc3ccccc3OC)nnc2-c2cccc(OC)c2)cc1. The number of thioether (sulfide) groups is 1. The Bertz CT molecular complexity index is 1290. The van der Waals surface area contributed by atoms with Crippen molar-refractivity contribution >= 4 is 23.4 Å². The maximum absolute atomic E-state index is 12.7. The van der Waals surface area contributed by atoms with Gasteiger partial charge in [-0.25, -0.2) is 0 Å². The largest absolute Gasteiger partial charge is 0.497 e. The van der Waals surface area contributed by atoms with Crippen LogP contribution >= 0.6 is 11.8 Å². The third kappa shape index (κ3) is 5.75. The fourth-order valence-electron chi connectivity index (χ4n) is 3.47. The number of carbonyl (C=O) groups excluding carboxylic acids is 1. The van der Waals surface area contributed by atoms with Gasteiger partial charge in [0.25, 0.3) is 0 Å². The van der Waals surface area contributed by atoms with Crippen LogP contribution in [0.5, 0.6) is 17.2 Å². The van der Waals surface area contributed by atoms with E-state index in [2.05, 4.69) is 15.5 Å². The van der Waals surface area contributed by atoms with Crippen LogP contribution in [-0.2, 0) is 4.79 Å². The average molecular weight is 491 g/mol. The molecule has 0 radical (unpaired) electrons. The van der Waals surface area contributed by atoms with Crippen LogP contribution in [0.4, 0.5) is 5.69 Å². The van der Waals surface area contributed by atoms with E-state index in [-0.39, 0.29) is 11.7 Å². The number of aromatic nitrogens is 3. The molecule has 0 saturated carbocycles. The Balaban J connectivity index is 1.62. The van der Waals surface area contributed by atoms with Gasteiger partial charge in [0.2, 0.25) is 5.91 Å². The molecule has 0 aliphatic rings. The first-order valence-electron chi connectivity index (χ1n) is 11.0. The first-order valence-corrected chi connectivity index (χ1v) is 12.0. The number of para-hydroxylation sites is 2. The molecule has 1 heterocycles. The number of nitrogens with one attached hydrogen (secondary N) is 1. The summed E-state index contributed by atoms with van der Waals surface area (Å²) in [6, 6.07) is 22.6. The first kappa shape index (κ1) is 24.2. The van der Waals surface area contributed by atoms with Gasteiger partial charge in [-0.05, 0) is 55.5 Å². The number of rotatable bonds is 10. The lowest BCUT2D eigenvalue weighted by Gasteiger charge is -2.12. The molecule has 4 aromatic rings. The summed E-state index contributed by atoms with van der Waals surface area (Å²) in [6.45, 7) is 2.53. The third-order valence-corrected chi connectivity index (χ3v) is 6.01. The molecule has 180 valence electrons. The molecule has 35 heavy (non-hydrogen) atoms. The Morgan fingerprint density at radius 1 is 0.943 bits per heavy atom. The van der Waals surface area contributed by atoms with Crippen molar-refractivity contribution in [3.63, 3.8) is 0 Å². The van der Waals surface area contributed by atoms with E-state index in [1.54, 1.807) is 26.4 Å². The van der Waals surface area contributed by atoms with Crippen molar-refractivity contribution in [1.82, 2.24) is 14.8 Å². The molecular weight excluding hydrogens is 464 g/mol. The summed E-state index contributed by atoms with van der Waals surface area (Å²) < 4.78 is 18.2. The van der Waals surface area contributed by atoms with Crippen LogP contribution in [0, 0.1) is 0 Å².